The van der Waals surface area contributed by atoms with Crippen molar-refractivity contribution < 1.29 is 14.7 Å². The number of amides is 1. The summed E-state index contributed by atoms with van der Waals surface area (Å²) in [5.41, 5.74) is 8.02. The van der Waals surface area contributed by atoms with E-state index in [0.29, 0.717) is 11.3 Å². The molecule has 1 amide bonds. The molecule has 2 aromatic rings. The molecule has 7 nitrogen and oxygen atoms in total. The van der Waals surface area contributed by atoms with Crippen LogP contribution in [0.25, 0.3) is 11.3 Å². The Hall–Kier alpha value is -2.83. The van der Waals surface area contributed by atoms with Crippen LogP contribution in [0.2, 0.25) is 0 Å². The van der Waals surface area contributed by atoms with Gasteiger partial charge in [-0.15, -0.1) is 0 Å². The van der Waals surface area contributed by atoms with Crippen molar-refractivity contribution in [2.45, 2.75) is 6.42 Å². The molecule has 96 valence electrons. The van der Waals surface area contributed by atoms with Gasteiger partial charge < -0.3 is 16.2 Å². The van der Waals surface area contributed by atoms with E-state index in [2.05, 4.69) is 15.5 Å². The maximum absolute atomic E-state index is 11.3. The fourth-order valence-corrected chi connectivity index (χ4v) is 2.17. The number of carboxylic acid groups (broad SMARTS) is 1. The third kappa shape index (κ3) is 1.71. The van der Waals surface area contributed by atoms with E-state index < -0.39 is 5.97 Å². The summed E-state index contributed by atoms with van der Waals surface area (Å²) in [5, 5.41) is 18.2. The second-order valence-electron chi connectivity index (χ2n) is 4.26. The first-order valence-corrected chi connectivity index (χ1v) is 5.56. The predicted molar refractivity (Wildman–Crippen MR) is 67.7 cm³/mol. The molecule has 5 N–H and O–H groups in total. The number of aromatic carboxylic acids is 1. The smallest absolute Gasteiger partial charge is 0.341 e. The van der Waals surface area contributed by atoms with E-state index in [0.717, 1.165) is 11.3 Å². The molecule has 0 unspecified atom stereocenters. The lowest BCUT2D eigenvalue weighted by Gasteiger charge is -2.03. The molecule has 1 aromatic carbocycles. The number of fused-ring (bicyclic) bond motifs is 1. The molecule has 2 heterocycles. The summed E-state index contributed by atoms with van der Waals surface area (Å²) in [7, 11) is 0. The summed E-state index contributed by atoms with van der Waals surface area (Å²) in [6, 6.07) is 5.20. The van der Waals surface area contributed by atoms with Crippen molar-refractivity contribution in [1.82, 2.24) is 10.2 Å². The van der Waals surface area contributed by atoms with Crippen LogP contribution in [0.5, 0.6) is 0 Å². The Kier molecular flexibility index (Phi) is 2.28. The average molecular weight is 258 g/mol. The number of carboxylic acids is 1. The molecule has 1 aliphatic rings. The van der Waals surface area contributed by atoms with Gasteiger partial charge in [-0.1, -0.05) is 6.07 Å². The molecule has 0 aliphatic carbocycles. The highest BCUT2D eigenvalue weighted by atomic mass is 16.4. The Balaban J connectivity index is 2.12. The summed E-state index contributed by atoms with van der Waals surface area (Å²) >= 11 is 0. The van der Waals surface area contributed by atoms with Crippen molar-refractivity contribution in [2.75, 3.05) is 11.1 Å². The van der Waals surface area contributed by atoms with Crippen molar-refractivity contribution >= 4 is 23.4 Å². The molecule has 19 heavy (non-hydrogen) atoms. The van der Waals surface area contributed by atoms with Crippen molar-refractivity contribution in [1.29, 1.82) is 0 Å². The van der Waals surface area contributed by atoms with Gasteiger partial charge >= 0.3 is 5.97 Å². The topological polar surface area (TPSA) is 121 Å². The third-order valence-electron chi connectivity index (χ3n) is 3.03. The number of nitrogens with one attached hydrogen (secondary N) is 2. The highest BCUT2D eigenvalue weighted by Crippen LogP contribution is 2.31. The number of hydrogen-bond acceptors (Lipinski definition) is 4. The molecular weight excluding hydrogens is 248 g/mol. The minimum atomic E-state index is -1.14. The number of H-pyrrole nitrogens is 1. The summed E-state index contributed by atoms with van der Waals surface area (Å²) in [4.78, 5) is 22.4. The number of carbonyl (C=O) groups is 2. The molecule has 0 saturated heterocycles. The predicted octanol–water partition coefficient (Wildman–Crippen LogP) is 0.852. The summed E-state index contributed by atoms with van der Waals surface area (Å²) < 4.78 is 0. The van der Waals surface area contributed by atoms with Crippen molar-refractivity contribution in [3.63, 3.8) is 0 Å². The lowest BCUT2D eigenvalue weighted by molar-refractivity contribution is -0.115. The maximum atomic E-state index is 11.3. The number of aromatic nitrogens is 2. The summed E-state index contributed by atoms with van der Waals surface area (Å²) in [6.45, 7) is 0. The molecule has 0 bridgehead atoms. The standard InChI is InChI=1S/C12H10N4O3/c13-11-9(12(18)19)10(15-16-11)5-1-2-7-6(3-5)4-8(17)14-7/h1-3H,4H2,(H,14,17)(H,18,19)(H3,13,15,16). The van der Waals surface area contributed by atoms with Gasteiger partial charge in [-0.3, -0.25) is 9.89 Å². The number of anilines is 2. The fraction of sp³-hybridized carbons (Fsp3) is 0.0833. The molecule has 0 atom stereocenters. The van der Waals surface area contributed by atoms with Crippen LogP contribution in [0.4, 0.5) is 11.5 Å². The molecule has 1 aromatic heterocycles. The summed E-state index contributed by atoms with van der Waals surface area (Å²) in [6.07, 6.45) is 0.287. The minimum absolute atomic E-state index is 0.0581. The Morgan fingerprint density at radius 3 is 2.95 bits per heavy atom. The molecule has 1 aliphatic heterocycles. The zero-order chi connectivity index (χ0) is 13.6. The van der Waals surface area contributed by atoms with E-state index >= 15 is 0 Å². The normalized spacial score (nSPS) is 13.2. The van der Waals surface area contributed by atoms with Gasteiger partial charge in [-0.2, -0.15) is 5.10 Å². The number of nitrogens with zero attached hydrogens (tertiary/aromatic N) is 1. The van der Waals surface area contributed by atoms with Crippen LogP contribution in [0.15, 0.2) is 18.2 Å². The van der Waals surface area contributed by atoms with Gasteiger partial charge in [0.1, 0.15) is 5.56 Å². The Morgan fingerprint density at radius 1 is 1.42 bits per heavy atom. The van der Waals surface area contributed by atoms with E-state index in [-0.39, 0.29) is 23.7 Å². The fourth-order valence-electron chi connectivity index (χ4n) is 2.17. The number of benzene rings is 1. The van der Waals surface area contributed by atoms with E-state index in [9.17, 15) is 9.59 Å². The monoisotopic (exact) mass is 258 g/mol. The Bertz CT molecular complexity index is 705. The van der Waals surface area contributed by atoms with Gasteiger partial charge in [0.15, 0.2) is 5.82 Å². The van der Waals surface area contributed by atoms with Crippen LogP contribution >= 0.6 is 0 Å². The lowest BCUT2D eigenvalue weighted by Crippen LogP contribution is -2.03. The van der Waals surface area contributed by atoms with E-state index in [1.54, 1.807) is 18.2 Å². The molecule has 7 heteroatoms. The molecular formula is C12H10N4O3. The van der Waals surface area contributed by atoms with E-state index in [4.69, 9.17) is 10.8 Å². The van der Waals surface area contributed by atoms with Crippen LogP contribution in [0.1, 0.15) is 15.9 Å². The average Bonchev–Trinajstić information content (AvgIpc) is 2.89. The van der Waals surface area contributed by atoms with Crippen LogP contribution in [-0.2, 0) is 11.2 Å². The first-order valence-electron chi connectivity index (χ1n) is 5.56. The molecule has 0 radical (unpaired) electrons. The maximum Gasteiger partial charge on any atom is 0.341 e. The zero-order valence-corrected chi connectivity index (χ0v) is 9.73. The number of aromatic amines is 1. The number of hydrogen-bond donors (Lipinski definition) is 4. The number of carbonyl (C=O) groups excluding carboxylic acids is 1. The number of rotatable bonds is 2. The van der Waals surface area contributed by atoms with Crippen molar-refractivity contribution in [2.24, 2.45) is 0 Å². The molecule has 0 spiro atoms. The molecule has 0 saturated carbocycles. The summed E-state index contributed by atoms with van der Waals surface area (Å²) in [5.74, 6) is -1.28. The van der Waals surface area contributed by atoms with Crippen molar-refractivity contribution in [3.05, 3.63) is 29.3 Å². The number of nitrogens with two attached hydrogens (primary N) is 1. The second kappa shape index (κ2) is 3.84. The molecule has 3 rings (SSSR count). The number of nitrogen functional groups attached to an aromatic ring is 1. The largest absolute Gasteiger partial charge is 0.477 e. The van der Waals surface area contributed by atoms with Gasteiger partial charge in [-0.25, -0.2) is 4.79 Å². The van der Waals surface area contributed by atoms with Gasteiger partial charge in [0.25, 0.3) is 0 Å². The Labute approximate surface area is 107 Å². The van der Waals surface area contributed by atoms with Crippen LogP contribution in [0, 0.1) is 0 Å². The van der Waals surface area contributed by atoms with Gasteiger partial charge in [0, 0.05) is 11.3 Å². The SMILES string of the molecule is Nc1n[nH]c(-c2ccc3c(c2)CC(=O)N3)c1C(=O)O. The first-order chi connectivity index (χ1) is 9.06. The van der Waals surface area contributed by atoms with Crippen LogP contribution in [0.3, 0.4) is 0 Å². The highest BCUT2D eigenvalue weighted by molar-refractivity contribution is 6.02. The molecule has 0 fully saturated rings. The first kappa shape index (κ1) is 11.3. The van der Waals surface area contributed by atoms with Gasteiger partial charge in [-0.05, 0) is 17.7 Å². The van der Waals surface area contributed by atoms with Crippen molar-refractivity contribution in [3.8, 4) is 11.3 Å². The zero-order valence-electron chi connectivity index (χ0n) is 9.73. The minimum Gasteiger partial charge on any atom is -0.477 e. The van der Waals surface area contributed by atoms with E-state index in [1.807, 2.05) is 0 Å². The van der Waals surface area contributed by atoms with Crippen LogP contribution in [-0.4, -0.2) is 27.2 Å². The highest BCUT2D eigenvalue weighted by Gasteiger charge is 2.22. The van der Waals surface area contributed by atoms with E-state index in [1.165, 1.54) is 0 Å². The third-order valence-corrected chi connectivity index (χ3v) is 3.03. The second-order valence-corrected chi connectivity index (χ2v) is 4.26. The quantitative estimate of drug-likeness (QED) is 0.636. The van der Waals surface area contributed by atoms with Gasteiger partial charge in [0.05, 0.1) is 12.1 Å². The Morgan fingerprint density at radius 2 is 2.21 bits per heavy atom. The van der Waals surface area contributed by atoms with Gasteiger partial charge in [0.2, 0.25) is 5.91 Å². The lowest BCUT2D eigenvalue weighted by atomic mass is 10.0. The van der Waals surface area contributed by atoms with Crippen LogP contribution < -0.4 is 11.1 Å².